The second kappa shape index (κ2) is 11.7. The molecule has 0 bridgehead atoms. The topological polar surface area (TPSA) is 80.4 Å². The van der Waals surface area contributed by atoms with Gasteiger partial charge in [0.1, 0.15) is 0 Å². The number of carbonyl (C=O) groups excluding carboxylic acids is 1. The van der Waals surface area contributed by atoms with Crippen molar-refractivity contribution in [3.8, 4) is 0 Å². The number of allylic oxidation sites excluding steroid dienone is 4. The van der Waals surface area contributed by atoms with Crippen molar-refractivity contribution in [2.75, 3.05) is 0 Å². The van der Waals surface area contributed by atoms with Crippen LogP contribution in [-0.2, 0) is 9.59 Å². The van der Waals surface area contributed by atoms with Crippen LogP contribution < -0.4 is 5.73 Å². The maximum atomic E-state index is 10.9. The van der Waals surface area contributed by atoms with Crippen LogP contribution in [0.15, 0.2) is 37.0 Å². The van der Waals surface area contributed by atoms with Gasteiger partial charge in [0.05, 0.1) is 0 Å². The molecule has 0 atom stereocenters. The van der Waals surface area contributed by atoms with Crippen LogP contribution in [0.5, 0.6) is 0 Å². The molecule has 0 aromatic rings. The Hall–Kier alpha value is -1.84. The molecule has 0 aliphatic heterocycles. The van der Waals surface area contributed by atoms with Crippen molar-refractivity contribution in [3.63, 3.8) is 0 Å². The summed E-state index contributed by atoms with van der Waals surface area (Å²) in [6.07, 6.45) is 10.1. The second-order valence-corrected chi connectivity index (χ2v) is 6.33. The molecule has 0 aromatic carbocycles. The zero-order valence-corrected chi connectivity index (χ0v) is 14.5. The molecule has 0 unspecified atom stereocenters. The normalized spacial score (nSPS) is 21.1. The van der Waals surface area contributed by atoms with Gasteiger partial charge in [0.25, 0.3) is 0 Å². The summed E-state index contributed by atoms with van der Waals surface area (Å²) in [6, 6.07) is 0. The van der Waals surface area contributed by atoms with E-state index in [0.29, 0.717) is 6.42 Å². The molecule has 1 amide bonds. The molecule has 0 heterocycles. The smallest absolute Gasteiger partial charge is 0.303 e. The zero-order chi connectivity index (χ0) is 17.8. The number of carbonyl (C=O) groups is 2. The van der Waals surface area contributed by atoms with Gasteiger partial charge in [0.2, 0.25) is 5.91 Å². The van der Waals surface area contributed by atoms with Crippen LogP contribution >= 0.6 is 0 Å². The first kappa shape index (κ1) is 21.2. The highest BCUT2D eigenvalue weighted by Crippen LogP contribution is 2.32. The Kier molecular flexibility index (Phi) is 10.8. The molecule has 0 aromatic heterocycles. The molecule has 4 heteroatoms. The number of carboxylic acids is 1. The van der Waals surface area contributed by atoms with Gasteiger partial charge in [0.15, 0.2) is 0 Å². The molecule has 130 valence electrons. The largest absolute Gasteiger partial charge is 0.481 e. The van der Waals surface area contributed by atoms with Gasteiger partial charge in [-0.2, -0.15) is 0 Å². The number of carboxylic acid groups (broad SMARTS) is 1. The van der Waals surface area contributed by atoms with Gasteiger partial charge in [0, 0.05) is 12.3 Å². The van der Waals surface area contributed by atoms with Crippen molar-refractivity contribution in [1.29, 1.82) is 0 Å². The Morgan fingerprint density at radius 2 is 1.74 bits per heavy atom. The minimum Gasteiger partial charge on any atom is -0.481 e. The predicted octanol–water partition coefficient (Wildman–Crippen LogP) is 4.08. The van der Waals surface area contributed by atoms with Crippen LogP contribution in [0.4, 0.5) is 0 Å². The summed E-state index contributed by atoms with van der Waals surface area (Å²) in [5.74, 6) is 0.860. The number of aliphatic carboxylic acids is 1. The van der Waals surface area contributed by atoms with Gasteiger partial charge >= 0.3 is 5.97 Å². The Bertz CT molecular complexity index is 430. The first-order chi connectivity index (χ1) is 10.8. The van der Waals surface area contributed by atoms with Crippen LogP contribution in [-0.4, -0.2) is 17.0 Å². The first-order valence-electron chi connectivity index (χ1n) is 8.26. The minimum absolute atomic E-state index is 0.0998. The first-order valence-corrected chi connectivity index (χ1v) is 8.26. The lowest BCUT2D eigenvalue weighted by molar-refractivity contribution is -0.137. The molecule has 0 radical (unpaired) electrons. The summed E-state index contributed by atoms with van der Waals surface area (Å²) in [7, 11) is 0. The standard InChI is InChI=1S/C10H19NO.C9H12O2/c1-7(2)8-3-5-9(6-4-8)10(11)12;1-3-5-8(4-2)6-7-9(10)11/h7-9H,3-6H2,1-2H3,(H2,11,12);3-5H,1-2,6-7H2,(H,10,11)/b;8-5+. The van der Waals surface area contributed by atoms with Crippen molar-refractivity contribution in [1.82, 2.24) is 0 Å². The molecular weight excluding hydrogens is 290 g/mol. The van der Waals surface area contributed by atoms with Crippen molar-refractivity contribution in [3.05, 3.63) is 37.0 Å². The molecule has 1 fully saturated rings. The molecule has 4 nitrogen and oxygen atoms in total. The minimum atomic E-state index is -0.790. The van der Waals surface area contributed by atoms with E-state index in [0.717, 1.165) is 30.3 Å². The molecule has 0 saturated heterocycles. The fraction of sp³-hybridized carbons (Fsp3) is 0.579. The summed E-state index contributed by atoms with van der Waals surface area (Å²) in [4.78, 5) is 21.0. The molecule has 1 rings (SSSR count). The van der Waals surface area contributed by atoms with Gasteiger partial charge < -0.3 is 10.8 Å². The average molecular weight is 321 g/mol. The third kappa shape index (κ3) is 9.72. The van der Waals surface area contributed by atoms with E-state index in [9.17, 15) is 9.59 Å². The molecule has 1 aliphatic carbocycles. The maximum Gasteiger partial charge on any atom is 0.303 e. The van der Waals surface area contributed by atoms with E-state index in [4.69, 9.17) is 10.8 Å². The number of rotatable bonds is 7. The highest BCUT2D eigenvalue weighted by Gasteiger charge is 2.25. The number of hydrogen-bond acceptors (Lipinski definition) is 2. The molecule has 3 N–H and O–H groups in total. The zero-order valence-electron chi connectivity index (χ0n) is 14.5. The fourth-order valence-electron chi connectivity index (χ4n) is 2.73. The van der Waals surface area contributed by atoms with E-state index in [1.165, 1.54) is 12.8 Å². The van der Waals surface area contributed by atoms with Crippen molar-refractivity contribution in [2.24, 2.45) is 23.5 Å². The van der Waals surface area contributed by atoms with Crippen molar-refractivity contribution < 1.29 is 14.7 Å². The fourth-order valence-corrected chi connectivity index (χ4v) is 2.73. The van der Waals surface area contributed by atoms with Crippen molar-refractivity contribution in [2.45, 2.75) is 52.4 Å². The number of primary amides is 1. The van der Waals surface area contributed by atoms with E-state index in [-0.39, 0.29) is 18.2 Å². The SMILES string of the molecule is C=C/C=C(\C=C)CCC(=O)O.CC(C)C1CCC(C(N)=O)CC1. The summed E-state index contributed by atoms with van der Waals surface area (Å²) in [6.45, 7) is 11.6. The van der Waals surface area contributed by atoms with Crippen LogP contribution in [0, 0.1) is 17.8 Å². The Morgan fingerprint density at radius 3 is 2.09 bits per heavy atom. The lowest BCUT2D eigenvalue weighted by Crippen LogP contribution is -2.28. The lowest BCUT2D eigenvalue weighted by Gasteiger charge is -2.29. The highest BCUT2D eigenvalue weighted by atomic mass is 16.4. The maximum absolute atomic E-state index is 10.9. The second-order valence-electron chi connectivity index (χ2n) is 6.33. The van der Waals surface area contributed by atoms with Gasteiger partial charge in [-0.05, 0) is 49.5 Å². The third-order valence-electron chi connectivity index (χ3n) is 4.34. The Labute approximate surface area is 140 Å². The van der Waals surface area contributed by atoms with Gasteiger partial charge in [-0.3, -0.25) is 9.59 Å². The number of amides is 1. The van der Waals surface area contributed by atoms with Gasteiger partial charge in [-0.15, -0.1) is 0 Å². The molecule has 1 saturated carbocycles. The molecule has 1 aliphatic rings. The van der Waals surface area contributed by atoms with Crippen LogP contribution in [0.25, 0.3) is 0 Å². The Morgan fingerprint density at radius 1 is 1.17 bits per heavy atom. The van der Waals surface area contributed by atoms with Gasteiger partial charge in [-0.1, -0.05) is 45.2 Å². The third-order valence-corrected chi connectivity index (χ3v) is 4.34. The lowest BCUT2D eigenvalue weighted by atomic mass is 9.77. The van der Waals surface area contributed by atoms with Crippen LogP contribution in [0.2, 0.25) is 0 Å². The predicted molar refractivity (Wildman–Crippen MR) is 94.8 cm³/mol. The van der Waals surface area contributed by atoms with Gasteiger partial charge in [-0.25, -0.2) is 0 Å². The monoisotopic (exact) mass is 321 g/mol. The molecule has 23 heavy (non-hydrogen) atoms. The quantitative estimate of drug-likeness (QED) is 0.693. The van der Waals surface area contributed by atoms with Crippen LogP contribution in [0.3, 0.4) is 0 Å². The molecule has 0 spiro atoms. The summed E-state index contributed by atoms with van der Waals surface area (Å²) in [5.41, 5.74) is 6.15. The van der Waals surface area contributed by atoms with E-state index in [1.54, 1.807) is 18.2 Å². The summed E-state index contributed by atoms with van der Waals surface area (Å²) < 4.78 is 0. The van der Waals surface area contributed by atoms with Crippen molar-refractivity contribution >= 4 is 11.9 Å². The molecular formula is C19H31NO3. The summed E-state index contributed by atoms with van der Waals surface area (Å²) >= 11 is 0. The average Bonchev–Trinajstić information content (AvgIpc) is 2.51. The summed E-state index contributed by atoms with van der Waals surface area (Å²) in [5, 5.41) is 8.34. The highest BCUT2D eigenvalue weighted by molar-refractivity contribution is 5.76. The Balaban J connectivity index is 0.000000423. The van der Waals surface area contributed by atoms with E-state index in [1.807, 2.05) is 0 Å². The number of nitrogens with two attached hydrogens (primary N) is 1. The van der Waals surface area contributed by atoms with Crippen LogP contribution in [0.1, 0.15) is 52.4 Å². The van der Waals surface area contributed by atoms with E-state index < -0.39 is 5.97 Å². The van der Waals surface area contributed by atoms with E-state index >= 15 is 0 Å². The van der Waals surface area contributed by atoms with E-state index in [2.05, 4.69) is 27.0 Å². The number of hydrogen-bond donors (Lipinski definition) is 2.